The van der Waals surface area contributed by atoms with Gasteiger partial charge in [-0.3, -0.25) is 19.3 Å². The summed E-state index contributed by atoms with van der Waals surface area (Å²) in [4.78, 5) is 44.7. The highest BCUT2D eigenvalue weighted by atomic mass is 19.4. The lowest BCUT2D eigenvalue weighted by molar-refractivity contribution is -0.286. The number of carbonyl (C=O) groups is 3. The monoisotopic (exact) mass is 690 g/mol. The van der Waals surface area contributed by atoms with Crippen molar-refractivity contribution in [1.82, 2.24) is 14.5 Å². The van der Waals surface area contributed by atoms with E-state index in [2.05, 4.69) is 25.1 Å². The summed E-state index contributed by atoms with van der Waals surface area (Å²) in [6.45, 7) is 1.39. The number of ether oxygens (including phenoxy) is 3. The molecule has 2 aliphatic heterocycles. The van der Waals surface area contributed by atoms with Crippen LogP contribution in [0.25, 0.3) is 11.3 Å². The maximum absolute atomic E-state index is 13.9. The summed E-state index contributed by atoms with van der Waals surface area (Å²) in [6.07, 6.45) is -7.60. The normalized spacial score (nSPS) is 15.0. The standard InChI is InChI=1S/C31H24F6N6O6/c1-47-23-5-2-15(22-12-39-27-14-42(13-26(38)44)6-7-43(22)27)8-18(23)29(46)41-21-11-25-24(48-31(36,37)49-25)10-17(21)28(45)40-16-3-4-20(32)19(9-16)30(33,34)35/h2-5,8-12H,6-7,13-14H2,1H3,(H2,38,44)(H,40,45)(H,41,46). The fraction of sp³-hybridized carbons (Fsp3) is 0.226. The Kier molecular flexibility index (Phi) is 8.35. The first-order valence-electron chi connectivity index (χ1n) is 14.3. The van der Waals surface area contributed by atoms with E-state index in [1.165, 1.54) is 19.2 Å². The molecule has 3 aromatic carbocycles. The Labute approximate surface area is 272 Å². The van der Waals surface area contributed by atoms with Crippen LogP contribution in [0.15, 0.2) is 54.7 Å². The van der Waals surface area contributed by atoms with Crippen LogP contribution in [0.1, 0.15) is 32.1 Å². The minimum atomic E-state index is -5.08. The summed E-state index contributed by atoms with van der Waals surface area (Å²) in [5, 5.41) is 4.61. The minimum absolute atomic E-state index is 0.0515. The average molecular weight is 691 g/mol. The second-order valence-corrected chi connectivity index (χ2v) is 10.9. The SMILES string of the molecule is COc1ccc(-c2cnc3n2CCN(CC(N)=O)C3)cc1C(=O)Nc1cc2c(cc1C(=O)Nc1ccc(F)c(C(F)(F)F)c1)OC(F)(F)O2. The zero-order valence-electron chi connectivity index (χ0n) is 25.2. The van der Waals surface area contributed by atoms with Crippen LogP contribution in [0, 0.1) is 5.82 Å². The number of nitrogens with two attached hydrogens (primary N) is 1. The predicted molar refractivity (Wildman–Crippen MR) is 159 cm³/mol. The first kappa shape index (κ1) is 33.1. The Morgan fingerprint density at radius 2 is 1.69 bits per heavy atom. The molecule has 6 rings (SSSR count). The van der Waals surface area contributed by atoms with Gasteiger partial charge < -0.3 is 35.1 Å². The highest BCUT2D eigenvalue weighted by molar-refractivity contribution is 6.14. The third kappa shape index (κ3) is 6.80. The van der Waals surface area contributed by atoms with Crippen LogP contribution in [0.4, 0.5) is 37.7 Å². The summed E-state index contributed by atoms with van der Waals surface area (Å²) >= 11 is 0. The van der Waals surface area contributed by atoms with Crippen molar-refractivity contribution in [3.05, 3.63) is 83.1 Å². The Hall–Kier alpha value is -5.78. The molecule has 2 aliphatic rings. The lowest BCUT2D eigenvalue weighted by atomic mass is 10.1. The third-order valence-electron chi connectivity index (χ3n) is 7.63. The Morgan fingerprint density at radius 1 is 0.980 bits per heavy atom. The molecule has 0 unspecified atom stereocenters. The molecule has 0 saturated heterocycles. The number of amides is 3. The Bertz CT molecular complexity index is 2000. The molecule has 0 spiro atoms. The molecule has 0 fully saturated rings. The van der Waals surface area contributed by atoms with Crippen molar-refractivity contribution < 1.29 is 54.9 Å². The Balaban J connectivity index is 1.32. The van der Waals surface area contributed by atoms with Gasteiger partial charge in [-0.1, -0.05) is 0 Å². The van der Waals surface area contributed by atoms with Gasteiger partial charge in [0.2, 0.25) is 5.91 Å². The number of aromatic nitrogens is 2. The molecule has 49 heavy (non-hydrogen) atoms. The number of hydrogen-bond acceptors (Lipinski definition) is 8. The summed E-state index contributed by atoms with van der Waals surface area (Å²) in [5.74, 6) is -4.48. The second-order valence-electron chi connectivity index (χ2n) is 10.9. The van der Waals surface area contributed by atoms with Crippen molar-refractivity contribution in [2.24, 2.45) is 5.73 Å². The number of hydrogen-bond donors (Lipinski definition) is 3. The molecule has 4 aromatic rings. The van der Waals surface area contributed by atoms with Gasteiger partial charge in [-0.05, 0) is 42.5 Å². The molecule has 0 aliphatic carbocycles. The molecule has 0 bridgehead atoms. The fourth-order valence-electron chi connectivity index (χ4n) is 5.44. The summed E-state index contributed by atoms with van der Waals surface area (Å²) in [5.41, 5.74) is 3.41. The van der Waals surface area contributed by atoms with Crippen molar-refractivity contribution in [2.45, 2.75) is 25.6 Å². The predicted octanol–water partition coefficient (Wildman–Crippen LogP) is 4.84. The fourth-order valence-corrected chi connectivity index (χ4v) is 5.44. The summed E-state index contributed by atoms with van der Waals surface area (Å²) in [7, 11) is 1.30. The third-order valence-corrected chi connectivity index (χ3v) is 7.63. The molecule has 4 N–H and O–H groups in total. The number of methoxy groups -OCH3 is 1. The number of nitrogens with zero attached hydrogens (tertiary/aromatic N) is 3. The van der Waals surface area contributed by atoms with Gasteiger partial charge in [0.25, 0.3) is 11.8 Å². The molecular formula is C31H24F6N6O6. The first-order valence-corrected chi connectivity index (χ1v) is 14.3. The molecule has 0 atom stereocenters. The highest BCUT2D eigenvalue weighted by Gasteiger charge is 2.44. The van der Waals surface area contributed by atoms with Gasteiger partial charge in [0.1, 0.15) is 17.4 Å². The van der Waals surface area contributed by atoms with Gasteiger partial charge in [0.05, 0.1) is 54.5 Å². The first-order chi connectivity index (χ1) is 23.1. The zero-order chi connectivity index (χ0) is 35.2. The van der Waals surface area contributed by atoms with E-state index in [4.69, 9.17) is 10.5 Å². The highest BCUT2D eigenvalue weighted by Crippen LogP contribution is 2.44. The van der Waals surface area contributed by atoms with E-state index in [9.17, 15) is 40.7 Å². The van der Waals surface area contributed by atoms with E-state index in [1.54, 1.807) is 12.3 Å². The van der Waals surface area contributed by atoms with E-state index >= 15 is 0 Å². The van der Waals surface area contributed by atoms with Crippen LogP contribution in [0.3, 0.4) is 0 Å². The number of benzene rings is 3. The van der Waals surface area contributed by atoms with Gasteiger partial charge in [-0.2, -0.15) is 13.2 Å². The number of primary amides is 1. The van der Waals surface area contributed by atoms with E-state index in [0.717, 1.165) is 18.2 Å². The van der Waals surface area contributed by atoms with Gasteiger partial charge in [-0.25, -0.2) is 9.37 Å². The number of anilines is 2. The molecule has 0 saturated carbocycles. The van der Waals surface area contributed by atoms with Crippen LogP contribution in [-0.2, 0) is 24.1 Å². The van der Waals surface area contributed by atoms with E-state index in [0.29, 0.717) is 48.8 Å². The van der Waals surface area contributed by atoms with Gasteiger partial charge >= 0.3 is 12.5 Å². The van der Waals surface area contributed by atoms with Gasteiger partial charge in [0, 0.05) is 30.4 Å². The number of nitrogens with one attached hydrogen (secondary N) is 2. The lowest BCUT2D eigenvalue weighted by Gasteiger charge is -2.27. The van der Waals surface area contributed by atoms with Crippen molar-refractivity contribution in [2.75, 3.05) is 30.8 Å². The number of imidazole rings is 1. The maximum Gasteiger partial charge on any atom is 0.586 e. The molecule has 1 aromatic heterocycles. The number of fused-ring (bicyclic) bond motifs is 2. The van der Waals surface area contributed by atoms with Crippen LogP contribution in [-0.4, -0.2) is 58.7 Å². The van der Waals surface area contributed by atoms with Gasteiger partial charge in [0.15, 0.2) is 11.5 Å². The Morgan fingerprint density at radius 3 is 2.39 bits per heavy atom. The summed E-state index contributed by atoms with van der Waals surface area (Å²) < 4.78 is 97.6. The van der Waals surface area contributed by atoms with Crippen molar-refractivity contribution >= 4 is 29.1 Å². The largest absolute Gasteiger partial charge is 0.586 e. The quantitative estimate of drug-likeness (QED) is 0.223. The van der Waals surface area contributed by atoms with Gasteiger partial charge in [-0.15, -0.1) is 8.78 Å². The van der Waals surface area contributed by atoms with Crippen LogP contribution in [0.5, 0.6) is 17.2 Å². The van der Waals surface area contributed by atoms with Crippen molar-refractivity contribution in [3.63, 3.8) is 0 Å². The topological polar surface area (TPSA) is 150 Å². The molecular weight excluding hydrogens is 666 g/mol. The zero-order valence-corrected chi connectivity index (χ0v) is 25.2. The van der Waals surface area contributed by atoms with E-state index in [-0.39, 0.29) is 23.5 Å². The van der Waals surface area contributed by atoms with E-state index < -0.39 is 64.3 Å². The lowest BCUT2D eigenvalue weighted by Crippen LogP contribution is -2.39. The molecule has 0 radical (unpaired) electrons. The molecule has 3 amide bonds. The summed E-state index contributed by atoms with van der Waals surface area (Å²) in [6, 6.07) is 8.07. The smallest absolute Gasteiger partial charge is 0.496 e. The van der Waals surface area contributed by atoms with E-state index in [1.807, 2.05) is 9.47 Å². The van der Waals surface area contributed by atoms with Crippen LogP contribution >= 0.6 is 0 Å². The number of rotatable bonds is 8. The van der Waals surface area contributed by atoms with Crippen LogP contribution in [0.2, 0.25) is 0 Å². The average Bonchev–Trinajstić information content (AvgIpc) is 3.58. The van der Waals surface area contributed by atoms with Crippen LogP contribution < -0.4 is 30.6 Å². The number of alkyl halides is 5. The van der Waals surface area contributed by atoms with Crippen molar-refractivity contribution in [3.8, 4) is 28.5 Å². The molecule has 12 nitrogen and oxygen atoms in total. The van der Waals surface area contributed by atoms with Crippen molar-refractivity contribution in [1.29, 1.82) is 0 Å². The number of carbonyl (C=O) groups excluding carboxylic acids is 3. The number of halogens is 6. The second kappa shape index (κ2) is 12.3. The molecule has 256 valence electrons. The minimum Gasteiger partial charge on any atom is -0.496 e. The molecule has 18 heteroatoms. The maximum atomic E-state index is 13.9. The molecule has 3 heterocycles.